The molecule has 1 fully saturated rings. The molecule has 1 heterocycles. The van der Waals surface area contributed by atoms with Crippen molar-refractivity contribution in [2.24, 2.45) is 0 Å². The van der Waals surface area contributed by atoms with E-state index in [2.05, 4.69) is 16.7 Å². The Hall–Kier alpha value is -0.160. The summed E-state index contributed by atoms with van der Waals surface area (Å²) in [6.07, 6.45) is 1.12. The van der Waals surface area contributed by atoms with Gasteiger partial charge in [0.2, 0.25) is 0 Å². The van der Waals surface area contributed by atoms with Crippen molar-refractivity contribution in [1.29, 1.82) is 0 Å². The first kappa shape index (κ1) is 14.9. The highest BCUT2D eigenvalue weighted by atomic mass is 16.5. The molecule has 0 amide bonds. The van der Waals surface area contributed by atoms with Gasteiger partial charge in [0, 0.05) is 52.5 Å². The quantitative estimate of drug-likeness (QED) is 0.566. The number of hydrogen-bond acceptors (Lipinski definition) is 4. The first-order chi connectivity index (χ1) is 8.36. The van der Waals surface area contributed by atoms with Crippen molar-refractivity contribution < 1.29 is 9.47 Å². The maximum atomic E-state index is 5.52. The van der Waals surface area contributed by atoms with Crippen molar-refractivity contribution in [2.45, 2.75) is 20.3 Å². The second-order valence-corrected chi connectivity index (χ2v) is 4.49. The van der Waals surface area contributed by atoms with Crippen LogP contribution in [0.1, 0.15) is 20.3 Å². The molecule has 4 heteroatoms. The summed E-state index contributed by atoms with van der Waals surface area (Å²) in [5.41, 5.74) is 0. The molecule has 0 unspecified atom stereocenters. The second-order valence-electron chi connectivity index (χ2n) is 4.49. The Morgan fingerprint density at radius 3 is 1.76 bits per heavy atom. The lowest BCUT2D eigenvalue weighted by Gasteiger charge is -2.34. The zero-order valence-electron chi connectivity index (χ0n) is 11.5. The molecule has 4 nitrogen and oxygen atoms in total. The van der Waals surface area contributed by atoms with E-state index in [-0.39, 0.29) is 0 Å². The molecule has 1 aliphatic heterocycles. The van der Waals surface area contributed by atoms with Crippen molar-refractivity contribution in [3.05, 3.63) is 0 Å². The lowest BCUT2D eigenvalue weighted by molar-refractivity contribution is 0.0593. The molecular weight excluding hydrogens is 216 g/mol. The van der Waals surface area contributed by atoms with Gasteiger partial charge in [-0.2, -0.15) is 0 Å². The molecule has 0 radical (unpaired) electrons. The summed E-state index contributed by atoms with van der Waals surface area (Å²) in [5, 5.41) is 0. The summed E-state index contributed by atoms with van der Waals surface area (Å²) < 4.78 is 10.9. The minimum absolute atomic E-state index is 0.828. The highest BCUT2D eigenvalue weighted by Gasteiger charge is 2.15. The van der Waals surface area contributed by atoms with Gasteiger partial charge in [-0.25, -0.2) is 0 Å². The van der Waals surface area contributed by atoms with Crippen LogP contribution in [0.15, 0.2) is 0 Å². The average molecular weight is 244 g/mol. The van der Waals surface area contributed by atoms with E-state index in [0.29, 0.717) is 0 Å². The topological polar surface area (TPSA) is 24.9 Å². The fourth-order valence-corrected chi connectivity index (χ4v) is 2.01. The smallest absolute Gasteiger partial charge is 0.0593 e. The van der Waals surface area contributed by atoms with Crippen LogP contribution in [-0.4, -0.2) is 75.5 Å². The molecule has 1 aliphatic rings. The van der Waals surface area contributed by atoms with Gasteiger partial charge in [0.25, 0.3) is 0 Å². The first-order valence-electron chi connectivity index (χ1n) is 6.97. The number of nitrogens with zero attached hydrogens (tertiary/aromatic N) is 2. The van der Waals surface area contributed by atoms with Gasteiger partial charge >= 0.3 is 0 Å². The molecule has 1 rings (SSSR count). The minimum Gasteiger partial charge on any atom is -0.380 e. The number of ether oxygens (including phenoxy) is 2. The maximum Gasteiger partial charge on any atom is 0.0593 e. The molecule has 0 spiro atoms. The summed E-state index contributed by atoms with van der Waals surface area (Å²) >= 11 is 0. The Kier molecular flexibility index (Phi) is 8.61. The van der Waals surface area contributed by atoms with Crippen LogP contribution in [0.3, 0.4) is 0 Å². The van der Waals surface area contributed by atoms with E-state index < -0.39 is 0 Å². The van der Waals surface area contributed by atoms with Gasteiger partial charge in [-0.15, -0.1) is 0 Å². The van der Waals surface area contributed by atoms with Gasteiger partial charge in [0.05, 0.1) is 13.2 Å². The van der Waals surface area contributed by atoms with Crippen molar-refractivity contribution in [2.75, 3.05) is 65.7 Å². The monoisotopic (exact) mass is 244 g/mol. The molecule has 0 saturated carbocycles. The predicted octanol–water partition coefficient (Wildman–Crippen LogP) is 1.07. The number of hydrogen-bond donors (Lipinski definition) is 0. The SMILES string of the molecule is CCCOCCN1CCN(CCOCC)CC1. The van der Waals surface area contributed by atoms with Crippen LogP contribution in [0.4, 0.5) is 0 Å². The zero-order chi connectivity index (χ0) is 12.3. The fraction of sp³-hybridized carbons (Fsp3) is 1.00. The summed E-state index contributed by atoms with van der Waals surface area (Å²) in [7, 11) is 0. The van der Waals surface area contributed by atoms with Gasteiger partial charge in [0.15, 0.2) is 0 Å². The normalized spacial score (nSPS) is 18.7. The first-order valence-corrected chi connectivity index (χ1v) is 6.97. The van der Waals surface area contributed by atoms with Gasteiger partial charge in [-0.1, -0.05) is 6.92 Å². The Morgan fingerprint density at radius 2 is 1.29 bits per heavy atom. The van der Waals surface area contributed by atoms with E-state index in [4.69, 9.17) is 9.47 Å². The molecule has 0 bridgehead atoms. The molecule has 0 aromatic heterocycles. The lowest BCUT2D eigenvalue weighted by atomic mass is 10.3. The summed E-state index contributed by atoms with van der Waals surface area (Å²) in [4.78, 5) is 4.98. The third kappa shape index (κ3) is 6.99. The molecule has 17 heavy (non-hydrogen) atoms. The molecule has 0 aliphatic carbocycles. The van der Waals surface area contributed by atoms with Crippen LogP contribution in [0, 0.1) is 0 Å². The van der Waals surface area contributed by atoms with E-state index in [9.17, 15) is 0 Å². The fourth-order valence-electron chi connectivity index (χ4n) is 2.01. The second kappa shape index (κ2) is 9.83. The van der Waals surface area contributed by atoms with E-state index >= 15 is 0 Å². The Balaban J connectivity index is 1.97. The van der Waals surface area contributed by atoms with Gasteiger partial charge < -0.3 is 9.47 Å². The summed E-state index contributed by atoms with van der Waals surface area (Å²) in [6, 6.07) is 0. The van der Waals surface area contributed by atoms with Gasteiger partial charge in [0.1, 0.15) is 0 Å². The molecule has 0 N–H and O–H groups in total. The van der Waals surface area contributed by atoms with Gasteiger partial charge in [-0.3, -0.25) is 9.80 Å². The minimum atomic E-state index is 0.828. The predicted molar refractivity (Wildman–Crippen MR) is 70.5 cm³/mol. The highest BCUT2D eigenvalue weighted by molar-refractivity contribution is 4.71. The van der Waals surface area contributed by atoms with Crippen LogP contribution < -0.4 is 0 Å². The third-order valence-corrected chi connectivity index (χ3v) is 3.12. The molecule has 102 valence electrons. The van der Waals surface area contributed by atoms with Crippen molar-refractivity contribution in [1.82, 2.24) is 9.80 Å². The number of piperazine rings is 1. The molecular formula is C13H28N2O2. The number of rotatable bonds is 9. The largest absolute Gasteiger partial charge is 0.380 e. The summed E-state index contributed by atoms with van der Waals surface area (Å²) in [5.74, 6) is 0. The Bertz CT molecular complexity index is 171. The Morgan fingerprint density at radius 1 is 0.765 bits per heavy atom. The van der Waals surface area contributed by atoms with Gasteiger partial charge in [-0.05, 0) is 13.3 Å². The van der Waals surface area contributed by atoms with E-state index in [1.54, 1.807) is 0 Å². The average Bonchev–Trinajstić information content (AvgIpc) is 2.37. The molecule has 1 saturated heterocycles. The highest BCUT2D eigenvalue weighted by Crippen LogP contribution is 2.01. The summed E-state index contributed by atoms with van der Waals surface area (Å²) in [6.45, 7) is 14.5. The maximum absolute atomic E-state index is 5.52. The van der Waals surface area contributed by atoms with Crippen LogP contribution >= 0.6 is 0 Å². The van der Waals surface area contributed by atoms with Crippen LogP contribution in [0.25, 0.3) is 0 Å². The zero-order valence-corrected chi connectivity index (χ0v) is 11.5. The van der Waals surface area contributed by atoms with Crippen molar-refractivity contribution >= 4 is 0 Å². The van der Waals surface area contributed by atoms with E-state index in [1.807, 2.05) is 6.92 Å². The molecule has 0 aromatic carbocycles. The lowest BCUT2D eigenvalue weighted by Crippen LogP contribution is -2.48. The Labute approximate surface area is 106 Å². The third-order valence-electron chi connectivity index (χ3n) is 3.12. The standard InChI is InChI=1S/C13H28N2O2/c1-3-11-17-13-10-15-7-5-14(6-8-15)9-12-16-4-2/h3-13H2,1-2H3. The molecule has 0 aromatic rings. The van der Waals surface area contributed by atoms with Crippen LogP contribution in [-0.2, 0) is 9.47 Å². The van der Waals surface area contributed by atoms with Crippen molar-refractivity contribution in [3.8, 4) is 0 Å². The van der Waals surface area contributed by atoms with Crippen LogP contribution in [0.2, 0.25) is 0 Å². The van der Waals surface area contributed by atoms with E-state index in [0.717, 1.165) is 45.9 Å². The van der Waals surface area contributed by atoms with Crippen LogP contribution in [0.5, 0.6) is 0 Å². The van der Waals surface area contributed by atoms with E-state index in [1.165, 1.54) is 26.2 Å². The van der Waals surface area contributed by atoms with Crippen molar-refractivity contribution in [3.63, 3.8) is 0 Å². The molecule has 0 atom stereocenters.